The Hall–Kier alpha value is -4.44. The largest absolute Gasteiger partial charge is 0.276 e. The third kappa shape index (κ3) is 2.77. The number of pyridine rings is 1. The van der Waals surface area contributed by atoms with Crippen LogP contribution in [0.3, 0.4) is 0 Å². The van der Waals surface area contributed by atoms with E-state index in [-0.39, 0.29) is 5.56 Å². The third-order valence-corrected chi connectivity index (χ3v) is 5.76. The zero-order chi connectivity index (χ0) is 21.5. The van der Waals surface area contributed by atoms with Crippen molar-refractivity contribution in [3.05, 3.63) is 126 Å². The molecule has 0 N–H and O–H groups in total. The standard InChI is InChI=1S/C28H19N3O/c32-28-25-26(20-12-4-1-5-13-20)29-31(22-16-8-3-9-17-22)27(25)23-18-10-11-19-24(23)30(28)21-14-6-2-7-15-21/h1-19H. The Morgan fingerprint density at radius 3 is 1.84 bits per heavy atom. The van der Waals surface area contributed by atoms with E-state index in [1.807, 2.05) is 114 Å². The van der Waals surface area contributed by atoms with Crippen molar-refractivity contribution in [2.75, 3.05) is 0 Å². The van der Waals surface area contributed by atoms with Gasteiger partial charge in [0.1, 0.15) is 5.69 Å². The Labute approximate surface area is 184 Å². The molecule has 2 heterocycles. The lowest BCUT2D eigenvalue weighted by Crippen LogP contribution is -2.19. The summed E-state index contributed by atoms with van der Waals surface area (Å²) in [5.74, 6) is 0. The molecule has 0 saturated heterocycles. The van der Waals surface area contributed by atoms with Crippen LogP contribution in [-0.4, -0.2) is 14.3 Å². The number of hydrogen-bond donors (Lipinski definition) is 0. The van der Waals surface area contributed by atoms with Gasteiger partial charge >= 0.3 is 0 Å². The average molecular weight is 413 g/mol. The fourth-order valence-electron chi connectivity index (χ4n) is 4.35. The summed E-state index contributed by atoms with van der Waals surface area (Å²) >= 11 is 0. The monoisotopic (exact) mass is 413 g/mol. The number of para-hydroxylation sites is 3. The molecule has 2 aromatic heterocycles. The normalized spacial score (nSPS) is 11.2. The van der Waals surface area contributed by atoms with Crippen LogP contribution < -0.4 is 5.56 Å². The molecule has 4 nitrogen and oxygen atoms in total. The molecule has 0 radical (unpaired) electrons. The van der Waals surface area contributed by atoms with Crippen LogP contribution in [0.15, 0.2) is 120 Å². The minimum absolute atomic E-state index is 0.0778. The number of fused-ring (bicyclic) bond motifs is 3. The van der Waals surface area contributed by atoms with Gasteiger partial charge in [0.15, 0.2) is 0 Å². The lowest BCUT2D eigenvalue weighted by molar-refractivity contribution is 0.917. The minimum Gasteiger partial charge on any atom is -0.276 e. The summed E-state index contributed by atoms with van der Waals surface area (Å²) < 4.78 is 3.69. The van der Waals surface area contributed by atoms with E-state index < -0.39 is 0 Å². The van der Waals surface area contributed by atoms with Gasteiger partial charge < -0.3 is 0 Å². The smallest absolute Gasteiger partial charge is 0.267 e. The van der Waals surface area contributed by atoms with E-state index in [4.69, 9.17) is 5.10 Å². The lowest BCUT2D eigenvalue weighted by atomic mass is 10.1. The second-order valence-corrected chi connectivity index (χ2v) is 7.68. The van der Waals surface area contributed by atoms with Crippen LogP contribution in [0.1, 0.15) is 0 Å². The Balaban J connectivity index is 1.85. The van der Waals surface area contributed by atoms with E-state index in [1.54, 1.807) is 4.57 Å². The molecule has 0 spiro atoms. The molecule has 0 bridgehead atoms. The van der Waals surface area contributed by atoms with Crippen LogP contribution in [0.5, 0.6) is 0 Å². The molecule has 0 aliphatic carbocycles. The van der Waals surface area contributed by atoms with Crippen molar-refractivity contribution in [1.29, 1.82) is 0 Å². The predicted octanol–water partition coefficient (Wildman–Crippen LogP) is 6.00. The number of benzene rings is 4. The van der Waals surface area contributed by atoms with Gasteiger partial charge in [-0.25, -0.2) is 4.68 Å². The van der Waals surface area contributed by atoms with Crippen molar-refractivity contribution in [3.63, 3.8) is 0 Å². The van der Waals surface area contributed by atoms with Crippen molar-refractivity contribution < 1.29 is 0 Å². The summed E-state index contributed by atoms with van der Waals surface area (Å²) in [6, 6.07) is 37.7. The van der Waals surface area contributed by atoms with Gasteiger partial charge in [-0.2, -0.15) is 5.10 Å². The fraction of sp³-hybridized carbons (Fsp3) is 0. The summed E-state index contributed by atoms with van der Waals surface area (Å²) in [5, 5.41) is 6.57. The summed E-state index contributed by atoms with van der Waals surface area (Å²) in [5.41, 5.74) is 4.95. The maximum absolute atomic E-state index is 14.1. The van der Waals surface area contributed by atoms with Crippen LogP contribution in [0.4, 0.5) is 0 Å². The molecule has 152 valence electrons. The molecule has 6 rings (SSSR count). The molecular formula is C28H19N3O. The summed E-state index contributed by atoms with van der Waals surface area (Å²) in [6.45, 7) is 0. The molecular weight excluding hydrogens is 394 g/mol. The minimum atomic E-state index is -0.0778. The number of aromatic nitrogens is 3. The molecule has 0 unspecified atom stereocenters. The molecule has 0 fully saturated rings. The maximum Gasteiger partial charge on any atom is 0.267 e. The quantitative estimate of drug-likeness (QED) is 0.357. The van der Waals surface area contributed by atoms with Gasteiger partial charge in [0.05, 0.1) is 22.1 Å². The molecule has 32 heavy (non-hydrogen) atoms. The highest BCUT2D eigenvalue weighted by Gasteiger charge is 2.22. The Kier molecular flexibility index (Phi) is 4.22. The van der Waals surface area contributed by atoms with Crippen molar-refractivity contribution in [1.82, 2.24) is 14.3 Å². The molecule has 0 aliphatic rings. The van der Waals surface area contributed by atoms with Crippen molar-refractivity contribution >= 4 is 21.8 Å². The van der Waals surface area contributed by atoms with E-state index >= 15 is 0 Å². The van der Waals surface area contributed by atoms with Crippen molar-refractivity contribution in [3.8, 4) is 22.6 Å². The van der Waals surface area contributed by atoms with E-state index in [1.165, 1.54) is 0 Å². The van der Waals surface area contributed by atoms with E-state index in [9.17, 15) is 4.79 Å². The van der Waals surface area contributed by atoms with Gasteiger partial charge in [-0.05, 0) is 30.3 Å². The molecule has 4 heteroatoms. The highest BCUT2D eigenvalue weighted by atomic mass is 16.1. The first kappa shape index (κ1) is 18.3. The van der Waals surface area contributed by atoms with Crippen LogP contribution in [0.25, 0.3) is 44.4 Å². The summed E-state index contributed by atoms with van der Waals surface area (Å²) in [4.78, 5) is 14.1. The average Bonchev–Trinajstić information content (AvgIpc) is 3.27. The SMILES string of the molecule is O=c1c2c(-c3ccccc3)nn(-c3ccccc3)c2c2ccccc2n1-c1ccccc1. The number of hydrogen-bond acceptors (Lipinski definition) is 2. The number of rotatable bonds is 3. The van der Waals surface area contributed by atoms with Crippen LogP contribution in [0, 0.1) is 0 Å². The first-order chi connectivity index (χ1) is 15.8. The van der Waals surface area contributed by atoms with E-state index in [0.29, 0.717) is 11.1 Å². The van der Waals surface area contributed by atoms with Crippen LogP contribution >= 0.6 is 0 Å². The van der Waals surface area contributed by atoms with Crippen molar-refractivity contribution in [2.24, 2.45) is 0 Å². The van der Waals surface area contributed by atoms with E-state index in [2.05, 4.69) is 6.07 Å². The molecule has 0 atom stereocenters. The van der Waals surface area contributed by atoms with Gasteiger partial charge in [0, 0.05) is 16.6 Å². The topological polar surface area (TPSA) is 39.8 Å². The van der Waals surface area contributed by atoms with E-state index in [0.717, 1.165) is 33.4 Å². The first-order valence-corrected chi connectivity index (χ1v) is 10.6. The second-order valence-electron chi connectivity index (χ2n) is 7.68. The molecule has 4 aromatic carbocycles. The Bertz CT molecular complexity index is 1620. The van der Waals surface area contributed by atoms with Gasteiger partial charge in [0.2, 0.25) is 0 Å². The molecule has 6 aromatic rings. The van der Waals surface area contributed by atoms with Crippen LogP contribution in [0.2, 0.25) is 0 Å². The van der Waals surface area contributed by atoms with Crippen molar-refractivity contribution in [2.45, 2.75) is 0 Å². The van der Waals surface area contributed by atoms with Gasteiger partial charge in [0.25, 0.3) is 5.56 Å². The maximum atomic E-state index is 14.1. The summed E-state index contributed by atoms with van der Waals surface area (Å²) in [6.07, 6.45) is 0. The van der Waals surface area contributed by atoms with Gasteiger partial charge in [-0.15, -0.1) is 0 Å². The highest BCUT2D eigenvalue weighted by molar-refractivity contribution is 6.09. The fourth-order valence-corrected chi connectivity index (χ4v) is 4.35. The molecule has 0 amide bonds. The Morgan fingerprint density at radius 1 is 0.594 bits per heavy atom. The first-order valence-electron chi connectivity index (χ1n) is 10.6. The zero-order valence-electron chi connectivity index (χ0n) is 17.2. The Morgan fingerprint density at radius 2 is 1.16 bits per heavy atom. The highest BCUT2D eigenvalue weighted by Crippen LogP contribution is 2.33. The van der Waals surface area contributed by atoms with Gasteiger partial charge in [-0.1, -0.05) is 84.9 Å². The number of nitrogens with zero attached hydrogens (tertiary/aromatic N) is 3. The van der Waals surface area contributed by atoms with Gasteiger partial charge in [-0.3, -0.25) is 9.36 Å². The van der Waals surface area contributed by atoms with Crippen LogP contribution in [-0.2, 0) is 0 Å². The molecule has 0 saturated carbocycles. The summed E-state index contributed by atoms with van der Waals surface area (Å²) in [7, 11) is 0. The lowest BCUT2D eigenvalue weighted by Gasteiger charge is -2.13. The third-order valence-electron chi connectivity index (χ3n) is 5.76. The zero-order valence-corrected chi connectivity index (χ0v) is 17.2. The molecule has 0 aliphatic heterocycles. The second kappa shape index (κ2) is 7.36. The predicted molar refractivity (Wildman–Crippen MR) is 130 cm³/mol.